The van der Waals surface area contributed by atoms with Gasteiger partial charge in [-0.2, -0.15) is 4.31 Å². The van der Waals surface area contributed by atoms with E-state index in [1.54, 1.807) is 18.5 Å². The lowest BCUT2D eigenvalue weighted by atomic mass is 9.94. The van der Waals surface area contributed by atoms with Crippen molar-refractivity contribution in [2.45, 2.75) is 43.2 Å². The van der Waals surface area contributed by atoms with Crippen molar-refractivity contribution in [1.82, 2.24) is 19.2 Å². The van der Waals surface area contributed by atoms with Crippen LogP contribution in [0.2, 0.25) is 0 Å². The van der Waals surface area contributed by atoms with Crippen molar-refractivity contribution in [3.8, 4) is 0 Å². The Kier molecular flexibility index (Phi) is 3.32. The van der Waals surface area contributed by atoms with Gasteiger partial charge in [0.2, 0.25) is 5.91 Å². The Morgan fingerprint density at radius 1 is 1.33 bits per heavy atom. The fourth-order valence-corrected chi connectivity index (χ4v) is 5.13. The molecule has 1 aliphatic carbocycles. The Hall–Kier alpha value is -1.41. The molecule has 1 saturated carbocycles. The van der Waals surface area contributed by atoms with Gasteiger partial charge in [0.25, 0.3) is 10.0 Å². The summed E-state index contributed by atoms with van der Waals surface area (Å²) in [5.41, 5.74) is -0.914. The number of aryl methyl sites for hydroxylation is 2. The first kappa shape index (κ1) is 14.5. The zero-order valence-corrected chi connectivity index (χ0v) is 13.1. The lowest BCUT2D eigenvalue weighted by molar-refractivity contribution is -0.133. The molecule has 21 heavy (non-hydrogen) atoms. The predicted molar refractivity (Wildman–Crippen MR) is 76.0 cm³/mol. The van der Waals surface area contributed by atoms with Crippen molar-refractivity contribution < 1.29 is 13.2 Å². The summed E-state index contributed by atoms with van der Waals surface area (Å²) in [6.07, 6.45) is 4.44. The second-order valence-electron chi connectivity index (χ2n) is 5.81. The Morgan fingerprint density at radius 2 is 2.00 bits per heavy atom. The molecule has 1 amide bonds. The van der Waals surface area contributed by atoms with Crippen molar-refractivity contribution in [2.24, 2.45) is 7.05 Å². The molecular weight excluding hydrogens is 292 g/mol. The lowest BCUT2D eigenvalue weighted by Gasteiger charge is -2.41. The summed E-state index contributed by atoms with van der Waals surface area (Å²) in [6.45, 7) is 2.42. The summed E-state index contributed by atoms with van der Waals surface area (Å²) in [6, 6.07) is 0. The number of amides is 1. The van der Waals surface area contributed by atoms with Gasteiger partial charge in [-0.3, -0.25) is 4.79 Å². The molecule has 0 atom stereocenters. The Morgan fingerprint density at radius 3 is 2.57 bits per heavy atom. The molecule has 0 radical (unpaired) electrons. The van der Waals surface area contributed by atoms with Gasteiger partial charge in [-0.25, -0.2) is 13.4 Å². The monoisotopic (exact) mass is 312 g/mol. The van der Waals surface area contributed by atoms with Gasteiger partial charge in [0.1, 0.15) is 11.4 Å². The summed E-state index contributed by atoms with van der Waals surface area (Å²) in [5.74, 6) is 0.470. The van der Waals surface area contributed by atoms with Crippen LogP contribution in [0.25, 0.3) is 0 Å². The maximum atomic E-state index is 12.9. The maximum absolute atomic E-state index is 12.9. The van der Waals surface area contributed by atoms with E-state index in [-0.39, 0.29) is 10.9 Å². The minimum Gasteiger partial charge on any atom is -0.353 e. The highest BCUT2D eigenvalue weighted by atomic mass is 32.2. The Balaban J connectivity index is 2.06. The number of rotatable bonds is 2. The van der Waals surface area contributed by atoms with Crippen molar-refractivity contribution >= 4 is 15.9 Å². The third-order valence-corrected chi connectivity index (χ3v) is 6.41. The zero-order valence-electron chi connectivity index (χ0n) is 12.3. The van der Waals surface area contributed by atoms with Crippen molar-refractivity contribution in [2.75, 3.05) is 13.1 Å². The molecule has 2 fully saturated rings. The van der Waals surface area contributed by atoms with Gasteiger partial charge in [0.15, 0.2) is 5.03 Å². The van der Waals surface area contributed by atoms with Gasteiger partial charge in [0, 0.05) is 26.3 Å². The summed E-state index contributed by atoms with van der Waals surface area (Å²) in [7, 11) is -1.99. The van der Waals surface area contributed by atoms with Crippen molar-refractivity contribution in [1.29, 1.82) is 0 Å². The molecule has 0 aromatic carbocycles. The largest absolute Gasteiger partial charge is 0.353 e. The maximum Gasteiger partial charge on any atom is 0.263 e. The average Bonchev–Trinajstić information content (AvgIpc) is 3.02. The molecule has 3 rings (SSSR count). The Bertz CT molecular complexity index is 654. The van der Waals surface area contributed by atoms with Crippen LogP contribution in [0.15, 0.2) is 11.2 Å². The van der Waals surface area contributed by atoms with Crippen molar-refractivity contribution in [3.63, 3.8) is 0 Å². The van der Waals surface area contributed by atoms with Gasteiger partial charge >= 0.3 is 0 Å². The molecule has 8 heteroatoms. The molecule has 1 aliphatic heterocycles. The number of hydrogen-bond acceptors (Lipinski definition) is 4. The van der Waals surface area contributed by atoms with E-state index in [1.165, 1.54) is 10.5 Å². The van der Waals surface area contributed by atoms with Crippen LogP contribution in [0.1, 0.15) is 31.5 Å². The molecule has 1 N–H and O–H groups in total. The van der Waals surface area contributed by atoms with Crippen LogP contribution >= 0.6 is 0 Å². The van der Waals surface area contributed by atoms with E-state index in [0.29, 0.717) is 31.8 Å². The molecule has 2 heterocycles. The van der Waals surface area contributed by atoms with Crippen LogP contribution < -0.4 is 5.32 Å². The van der Waals surface area contributed by atoms with Crippen molar-refractivity contribution in [3.05, 3.63) is 12.0 Å². The number of carbonyl (C=O) groups is 1. The number of hydrogen-bond donors (Lipinski definition) is 1. The van der Waals surface area contributed by atoms with E-state index in [2.05, 4.69) is 10.3 Å². The highest BCUT2D eigenvalue weighted by molar-refractivity contribution is 7.89. The minimum absolute atomic E-state index is 0.0310. The van der Waals surface area contributed by atoms with E-state index in [4.69, 9.17) is 0 Å². The number of nitrogens with zero attached hydrogens (tertiary/aromatic N) is 3. The second kappa shape index (κ2) is 4.81. The SMILES string of the molecule is Cc1nc(S(=O)(=O)N2CCNC(=O)C23CCCC3)cn1C. The predicted octanol–water partition coefficient (Wildman–Crippen LogP) is 0.162. The van der Waals surface area contributed by atoms with E-state index >= 15 is 0 Å². The normalized spacial score (nSPS) is 22.7. The van der Waals surface area contributed by atoms with Crippen LogP contribution in [-0.2, 0) is 21.9 Å². The van der Waals surface area contributed by atoms with Gasteiger partial charge in [-0.1, -0.05) is 12.8 Å². The molecule has 1 spiro atoms. The van der Waals surface area contributed by atoms with Crippen LogP contribution in [0.3, 0.4) is 0 Å². The number of aromatic nitrogens is 2. The number of nitrogens with one attached hydrogen (secondary N) is 1. The zero-order chi connectivity index (χ0) is 15.3. The molecular formula is C13H20N4O3S. The summed E-state index contributed by atoms with van der Waals surface area (Å²) < 4.78 is 28.9. The van der Waals surface area contributed by atoms with E-state index in [0.717, 1.165) is 12.8 Å². The van der Waals surface area contributed by atoms with E-state index < -0.39 is 15.6 Å². The quantitative estimate of drug-likeness (QED) is 0.843. The fourth-order valence-electron chi connectivity index (χ4n) is 3.31. The Labute approximate surface area is 124 Å². The van der Waals surface area contributed by atoms with Crippen LogP contribution in [0.4, 0.5) is 0 Å². The van der Waals surface area contributed by atoms with E-state index in [9.17, 15) is 13.2 Å². The molecule has 7 nitrogen and oxygen atoms in total. The number of sulfonamides is 1. The molecule has 1 saturated heterocycles. The number of carbonyl (C=O) groups excluding carboxylic acids is 1. The molecule has 2 aliphatic rings. The summed E-state index contributed by atoms with van der Waals surface area (Å²) in [5, 5.41) is 2.85. The standard InChI is InChI=1S/C13H20N4O3S/c1-10-15-11(9-16(10)2)21(19,20)17-8-7-14-12(18)13(17)5-3-4-6-13/h9H,3-8H2,1-2H3,(H,14,18). The van der Waals surface area contributed by atoms with Crippen LogP contribution in [0, 0.1) is 6.92 Å². The highest BCUT2D eigenvalue weighted by Gasteiger charge is 2.53. The topological polar surface area (TPSA) is 84.3 Å². The molecule has 1 aromatic rings. The van der Waals surface area contributed by atoms with Crippen LogP contribution in [-0.4, -0.2) is 46.8 Å². The average molecular weight is 312 g/mol. The first-order chi connectivity index (χ1) is 9.88. The van der Waals surface area contributed by atoms with Crippen LogP contribution in [0.5, 0.6) is 0 Å². The van der Waals surface area contributed by atoms with Gasteiger partial charge in [-0.05, 0) is 19.8 Å². The molecule has 0 unspecified atom stereocenters. The molecule has 0 bridgehead atoms. The number of piperazine rings is 1. The molecule has 1 aromatic heterocycles. The van der Waals surface area contributed by atoms with Gasteiger partial charge in [0.05, 0.1) is 0 Å². The summed E-state index contributed by atoms with van der Waals surface area (Å²) in [4.78, 5) is 16.5. The second-order valence-corrected chi connectivity index (χ2v) is 7.62. The molecule has 116 valence electrons. The lowest BCUT2D eigenvalue weighted by Crippen LogP contribution is -2.65. The first-order valence-corrected chi connectivity index (χ1v) is 8.63. The highest BCUT2D eigenvalue weighted by Crippen LogP contribution is 2.39. The number of imidazole rings is 1. The first-order valence-electron chi connectivity index (χ1n) is 7.19. The van der Waals surface area contributed by atoms with E-state index in [1.807, 2.05) is 0 Å². The fraction of sp³-hybridized carbons (Fsp3) is 0.692. The van der Waals surface area contributed by atoms with Gasteiger partial charge < -0.3 is 9.88 Å². The minimum atomic E-state index is -3.75. The third-order valence-electron chi connectivity index (χ3n) is 4.57. The van der Waals surface area contributed by atoms with Gasteiger partial charge in [-0.15, -0.1) is 0 Å². The smallest absolute Gasteiger partial charge is 0.263 e. The third kappa shape index (κ3) is 2.08. The summed E-state index contributed by atoms with van der Waals surface area (Å²) >= 11 is 0.